The molecule has 1 atom stereocenters. The number of carbonyl (C=O) groups excluding carboxylic acids is 2. The van der Waals surface area contributed by atoms with Gasteiger partial charge in [0.1, 0.15) is 17.0 Å². The lowest BCUT2D eigenvalue weighted by molar-refractivity contribution is -0.154. The second kappa shape index (κ2) is 8.04. The number of ether oxygens (including phenoxy) is 2. The topological polar surface area (TPSA) is 72.8 Å². The molecule has 0 saturated heterocycles. The summed E-state index contributed by atoms with van der Waals surface area (Å²) in [5.41, 5.74) is 0.110. The van der Waals surface area contributed by atoms with E-state index >= 15 is 0 Å². The summed E-state index contributed by atoms with van der Waals surface area (Å²) in [7, 11) is 0.898. The van der Waals surface area contributed by atoms with Gasteiger partial charge in [0.2, 0.25) is 0 Å². The van der Waals surface area contributed by atoms with Crippen molar-refractivity contribution in [3.63, 3.8) is 0 Å². The average Bonchev–Trinajstić information content (AvgIpc) is 2.43. The summed E-state index contributed by atoms with van der Waals surface area (Å²) < 4.78 is 10.9. The highest BCUT2D eigenvalue weighted by atomic mass is 28.1. The van der Waals surface area contributed by atoms with E-state index in [9.17, 15) is 14.7 Å². The molecule has 1 aromatic carbocycles. The third kappa shape index (κ3) is 6.90. The van der Waals surface area contributed by atoms with Crippen LogP contribution in [0, 0.1) is 0 Å². The minimum absolute atomic E-state index is 0.00954. The van der Waals surface area contributed by atoms with Crippen LogP contribution in [0.1, 0.15) is 63.9 Å². The fourth-order valence-corrected chi connectivity index (χ4v) is 2.13. The number of esters is 2. The van der Waals surface area contributed by atoms with Crippen LogP contribution in [0.2, 0.25) is 5.54 Å². The van der Waals surface area contributed by atoms with Crippen LogP contribution in [0.3, 0.4) is 0 Å². The zero-order chi connectivity index (χ0) is 19.4. The summed E-state index contributed by atoms with van der Waals surface area (Å²) in [4.78, 5) is 24.5. The average molecular weight is 367 g/mol. The van der Waals surface area contributed by atoms with Crippen LogP contribution < -0.4 is 0 Å². The van der Waals surface area contributed by atoms with E-state index in [0.717, 1.165) is 10.2 Å². The maximum Gasteiger partial charge on any atom is 0.339 e. The Morgan fingerprint density at radius 1 is 1.16 bits per heavy atom. The largest absolute Gasteiger partial charge is 0.508 e. The molecule has 0 aliphatic rings. The predicted octanol–water partition coefficient (Wildman–Crippen LogP) is 2.78. The summed E-state index contributed by atoms with van der Waals surface area (Å²) in [5, 5.41) is 9.73. The molecule has 5 nitrogen and oxygen atoms in total. The lowest BCUT2D eigenvalue weighted by Crippen LogP contribution is -2.32. The maximum atomic E-state index is 12.6. The van der Waals surface area contributed by atoms with Crippen molar-refractivity contribution >= 4 is 22.2 Å². The fourth-order valence-electron chi connectivity index (χ4n) is 2.01. The Morgan fingerprint density at radius 2 is 1.76 bits per heavy atom. The van der Waals surface area contributed by atoms with E-state index in [4.69, 9.17) is 9.47 Å². The minimum Gasteiger partial charge on any atom is -0.508 e. The molecule has 0 amide bonds. The van der Waals surface area contributed by atoms with Gasteiger partial charge in [-0.1, -0.05) is 13.0 Å². The van der Waals surface area contributed by atoms with Crippen molar-refractivity contribution in [1.82, 2.24) is 0 Å². The number of phenolic OH excluding ortho intramolecular Hbond substituents is 1. The third-order valence-corrected chi connectivity index (χ3v) is 5.47. The highest BCUT2D eigenvalue weighted by Gasteiger charge is 2.28. The second-order valence-electron chi connectivity index (χ2n) is 8.08. The monoisotopic (exact) mass is 366 g/mol. The quantitative estimate of drug-likeness (QED) is 0.619. The molecular weight excluding hydrogens is 336 g/mol. The lowest BCUT2D eigenvalue weighted by Gasteiger charge is -2.29. The predicted molar refractivity (Wildman–Crippen MR) is 101 cm³/mol. The van der Waals surface area contributed by atoms with E-state index in [-0.39, 0.29) is 23.7 Å². The zero-order valence-corrected chi connectivity index (χ0v) is 18.3. The number of rotatable bonds is 6. The van der Waals surface area contributed by atoms with Gasteiger partial charge >= 0.3 is 11.9 Å². The molecule has 1 rings (SSSR count). The standard InChI is InChI=1S/C19H30O5Si/c1-12(25)19(5,6)24-17(22)15-11-14(20)9-7-13(15)8-10-16(21)23-18(2,3)4/h7,9,11-12,20H,8,10H2,1-6,25H3. The van der Waals surface area contributed by atoms with Crippen LogP contribution in [0.4, 0.5) is 0 Å². The van der Waals surface area contributed by atoms with E-state index < -0.39 is 17.2 Å². The molecule has 0 heterocycles. The van der Waals surface area contributed by atoms with Gasteiger partial charge in [-0.2, -0.15) is 0 Å². The van der Waals surface area contributed by atoms with E-state index in [0.29, 0.717) is 17.5 Å². The third-order valence-electron chi connectivity index (χ3n) is 4.08. The van der Waals surface area contributed by atoms with Gasteiger partial charge in [0.05, 0.1) is 5.56 Å². The van der Waals surface area contributed by atoms with Gasteiger partial charge in [0.15, 0.2) is 0 Å². The minimum atomic E-state index is -0.572. The first kappa shape index (κ1) is 21.2. The van der Waals surface area contributed by atoms with Crippen LogP contribution in [0.15, 0.2) is 18.2 Å². The molecule has 1 unspecified atom stereocenters. The molecule has 0 aliphatic heterocycles. The fraction of sp³-hybridized carbons (Fsp3) is 0.579. The van der Waals surface area contributed by atoms with Crippen molar-refractivity contribution in [3.05, 3.63) is 29.3 Å². The molecule has 0 saturated carbocycles. The number of hydrogen-bond donors (Lipinski definition) is 1. The molecular formula is C19H30O5Si. The molecule has 0 aliphatic carbocycles. The molecule has 1 aromatic rings. The molecule has 0 fully saturated rings. The van der Waals surface area contributed by atoms with Crippen molar-refractivity contribution in [2.24, 2.45) is 0 Å². The SMILES string of the molecule is CC([SiH3])C(C)(C)OC(=O)c1cc(O)ccc1CCC(=O)OC(C)(C)C. The van der Waals surface area contributed by atoms with Gasteiger partial charge in [-0.25, -0.2) is 4.79 Å². The van der Waals surface area contributed by atoms with E-state index in [2.05, 4.69) is 0 Å². The Morgan fingerprint density at radius 3 is 2.28 bits per heavy atom. The number of aromatic hydroxyl groups is 1. The van der Waals surface area contributed by atoms with Crippen LogP contribution in [0.5, 0.6) is 5.75 Å². The number of hydrogen-bond acceptors (Lipinski definition) is 5. The Hall–Kier alpha value is -1.82. The van der Waals surface area contributed by atoms with Crippen molar-refractivity contribution < 1.29 is 24.2 Å². The normalized spacial score (nSPS) is 13.4. The van der Waals surface area contributed by atoms with Gasteiger partial charge in [0.25, 0.3) is 0 Å². The van der Waals surface area contributed by atoms with Gasteiger partial charge < -0.3 is 14.6 Å². The van der Waals surface area contributed by atoms with Crippen molar-refractivity contribution in [1.29, 1.82) is 0 Å². The Kier molecular flexibility index (Phi) is 6.82. The Labute approximate surface area is 153 Å². The van der Waals surface area contributed by atoms with Gasteiger partial charge in [0, 0.05) is 16.7 Å². The highest BCUT2D eigenvalue weighted by molar-refractivity contribution is 6.12. The van der Waals surface area contributed by atoms with Gasteiger partial charge in [-0.15, -0.1) is 0 Å². The van der Waals surface area contributed by atoms with Crippen LogP contribution in [0.25, 0.3) is 0 Å². The first-order valence-electron chi connectivity index (χ1n) is 8.59. The van der Waals surface area contributed by atoms with Crippen LogP contribution >= 0.6 is 0 Å². The molecule has 0 bridgehead atoms. The zero-order valence-electron chi connectivity index (χ0n) is 16.3. The summed E-state index contributed by atoms with van der Waals surface area (Å²) >= 11 is 0. The lowest BCUT2D eigenvalue weighted by atomic mass is 10.0. The molecule has 0 spiro atoms. The van der Waals surface area contributed by atoms with Crippen molar-refractivity contribution in [2.75, 3.05) is 0 Å². The number of phenols is 1. The smallest absolute Gasteiger partial charge is 0.339 e. The summed E-state index contributed by atoms with van der Waals surface area (Å²) in [6.07, 6.45) is 0.499. The number of aryl methyl sites for hydroxylation is 1. The number of benzene rings is 1. The molecule has 6 heteroatoms. The first-order valence-corrected chi connectivity index (χ1v) is 9.74. The maximum absolute atomic E-state index is 12.6. The molecule has 25 heavy (non-hydrogen) atoms. The van der Waals surface area contributed by atoms with Gasteiger partial charge in [-0.05, 0) is 64.3 Å². The molecule has 0 aromatic heterocycles. The Bertz CT molecular complexity index is 629. The highest BCUT2D eigenvalue weighted by Crippen LogP contribution is 2.27. The van der Waals surface area contributed by atoms with E-state index in [1.807, 2.05) is 41.5 Å². The Balaban J connectivity index is 2.92. The summed E-state index contributed by atoms with van der Waals surface area (Å²) in [6.45, 7) is 11.2. The summed E-state index contributed by atoms with van der Waals surface area (Å²) in [5.74, 6) is -0.819. The molecule has 1 N–H and O–H groups in total. The van der Waals surface area contributed by atoms with E-state index in [1.54, 1.807) is 6.07 Å². The summed E-state index contributed by atoms with van der Waals surface area (Å²) in [6, 6.07) is 4.54. The van der Waals surface area contributed by atoms with Crippen molar-refractivity contribution in [2.45, 2.75) is 71.1 Å². The molecule has 0 radical (unpaired) electrons. The van der Waals surface area contributed by atoms with Crippen LogP contribution in [-0.2, 0) is 20.7 Å². The second-order valence-corrected chi connectivity index (χ2v) is 9.81. The number of carbonyl (C=O) groups is 2. The van der Waals surface area contributed by atoms with Crippen molar-refractivity contribution in [3.8, 4) is 5.75 Å². The van der Waals surface area contributed by atoms with E-state index in [1.165, 1.54) is 12.1 Å². The van der Waals surface area contributed by atoms with Gasteiger partial charge in [-0.3, -0.25) is 4.79 Å². The molecule has 140 valence electrons. The first-order chi connectivity index (χ1) is 11.3. The van der Waals surface area contributed by atoms with Crippen LogP contribution in [-0.4, -0.2) is 38.5 Å².